The minimum atomic E-state index is -3.93. The molecular weight excluding hydrogens is 365 g/mol. The Kier molecular flexibility index (Phi) is 4.16. The van der Waals surface area contributed by atoms with Gasteiger partial charge in [-0.25, -0.2) is 17.8 Å². The third-order valence-electron chi connectivity index (χ3n) is 4.23. The summed E-state index contributed by atoms with van der Waals surface area (Å²) >= 11 is 0. The molecule has 4 rings (SSSR count). The van der Waals surface area contributed by atoms with Crippen molar-refractivity contribution in [2.45, 2.75) is 11.8 Å². The summed E-state index contributed by atoms with van der Waals surface area (Å²) in [5.74, 6) is -0.609. The van der Waals surface area contributed by atoms with Gasteiger partial charge in [0.25, 0.3) is 10.0 Å². The van der Waals surface area contributed by atoms with Gasteiger partial charge in [0.15, 0.2) is 0 Å². The van der Waals surface area contributed by atoms with Crippen LogP contribution in [0, 0.1) is 12.7 Å². The molecule has 0 aliphatic heterocycles. The Bertz CT molecular complexity index is 1250. The van der Waals surface area contributed by atoms with E-state index in [0.717, 1.165) is 17.3 Å². The van der Waals surface area contributed by atoms with Crippen molar-refractivity contribution in [3.8, 4) is 11.3 Å². The third kappa shape index (κ3) is 3.29. The van der Waals surface area contributed by atoms with E-state index in [9.17, 15) is 12.8 Å². The Balaban J connectivity index is 1.78. The molecule has 0 atom stereocenters. The first-order chi connectivity index (χ1) is 12.9. The van der Waals surface area contributed by atoms with Crippen LogP contribution in [-0.2, 0) is 10.0 Å². The monoisotopic (exact) mass is 381 g/mol. The highest BCUT2D eigenvalue weighted by Gasteiger charge is 2.18. The molecule has 0 aliphatic carbocycles. The fourth-order valence-corrected chi connectivity index (χ4v) is 4.03. The highest BCUT2D eigenvalue weighted by Crippen LogP contribution is 2.29. The van der Waals surface area contributed by atoms with E-state index in [1.165, 1.54) is 18.2 Å². The van der Waals surface area contributed by atoms with Crippen LogP contribution in [0.1, 0.15) is 5.56 Å². The summed E-state index contributed by atoms with van der Waals surface area (Å²) in [6.45, 7) is 1.96. The number of nitrogens with one attached hydrogen (secondary N) is 1. The van der Waals surface area contributed by atoms with Crippen LogP contribution in [0.3, 0.4) is 0 Å². The average molecular weight is 381 g/mol. The normalized spacial score (nSPS) is 11.6. The summed E-state index contributed by atoms with van der Waals surface area (Å²) in [6.07, 6.45) is 3.73. The minimum Gasteiger partial charge on any atom is -0.306 e. The average Bonchev–Trinajstić information content (AvgIpc) is 3.07. The van der Waals surface area contributed by atoms with Crippen LogP contribution >= 0.6 is 0 Å². The molecule has 0 saturated heterocycles. The molecule has 0 bridgehead atoms. The fraction of sp³-hybridized carbons (Fsp3) is 0.0500. The van der Waals surface area contributed by atoms with Gasteiger partial charge in [0, 0.05) is 18.0 Å². The topological polar surface area (TPSA) is 63.5 Å². The number of anilines is 1. The van der Waals surface area contributed by atoms with Crippen LogP contribution in [-0.4, -0.2) is 17.8 Å². The van der Waals surface area contributed by atoms with E-state index in [0.29, 0.717) is 16.9 Å². The summed E-state index contributed by atoms with van der Waals surface area (Å²) in [4.78, 5) is 4.49. The van der Waals surface area contributed by atoms with Crippen molar-refractivity contribution in [1.29, 1.82) is 0 Å². The smallest absolute Gasteiger partial charge is 0.262 e. The van der Waals surface area contributed by atoms with Crippen LogP contribution < -0.4 is 4.72 Å². The first-order valence-corrected chi connectivity index (χ1v) is 9.74. The third-order valence-corrected chi connectivity index (χ3v) is 5.59. The Morgan fingerprint density at radius 2 is 1.85 bits per heavy atom. The lowest BCUT2D eigenvalue weighted by atomic mass is 10.1. The number of rotatable bonds is 4. The highest BCUT2D eigenvalue weighted by atomic mass is 32.2. The molecule has 4 aromatic rings. The summed E-state index contributed by atoms with van der Waals surface area (Å²) in [5, 5.41) is 0. The summed E-state index contributed by atoms with van der Waals surface area (Å²) < 4.78 is 43.2. The number of para-hydroxylation sites is 1. The number of hydrogen-bond acceptors (Lipinski definition) is 3. The number of hydrogen-bond donors (Lipinski definition) is 1. The first kappa shape index (κ1) is 17.2. The summed E-state index contributed by atoms with van der Waals surface area (Å²) in [5.41, 5.74) is 3.47. The van der Waals surface area contributed by atoms with Crippen molar-refractivity contribution >= 4 is 21.4 Å². The lowest BCUT2D eigenvalue weighted by Crippen LogP contribution is -2.13. The number of imidazole rings is 1. The molecule has 27 heavy (non-hydrogen) atoms. The highest BCUT2D eigenvalue weighted by molar-refractivity contribution is 7.92. The van der Waals surface area contributed by atoms with Crippen molar-refractivity contribution in [1.82, 2.24) is 9.38 Å². The van der Waals surface area contributed by atoms with Gasteiger partial charge >= 0.3 is 0 Å². The number of benzene rings is 2. The molecule has 136 valence electrons. The zero-order chi connectivity index (χ0) is 19.0. The molecule has 0 unspecified atom stereocenters. The second-order valence-corrected chi connectivity index (χ2v) is 7.84. The van der Waals surface area contributed by atoms with Crippen LogP contribution in [0.4, 0.5) is 10.1 Å². The molecule has 5 nitrogen and oxygen atoms in total. The van der Waals surface area contributed by atoms with Gasteiger partial charge in [-0.3, -0.25) is 4.72 Å². The van der Waals surface area contributed by atoms with E-state index >= 15 is 0 Å². The van der Waals surface area contributed by atoms with Crippen molar-refractivity contribution < 1.29 is 12.8 Å². The molecule has 7 heteroatoms. The van der Waals surface area contributed by atoms with Gasteiger partial charge in [-0.2, -0.15) is 0 Å². The van der Waals surface area contributed by atoms with Gasteiger partial charge < -0.3 is 4.40 Å². The van der Waals surface area contributed by atoms with E-state index < -0.39 is 15.8 Å². The zero-order valence-electron chi connectivity index (χ0n) is 14.4. The second-order valence-electron chi connectivity index (χ2n) is 6.16. The maximum absolute atomic E-state index is 13.4. The fourth-order valence-electron chi connectivity index (χ4n) is 2.92. The van der Waals surface area contributed by atoms with Crippen molar-refractivity contribution in [3.63, 3.8) is 0 Å². The number of aryl methyl sites for hydroxylation is 1. The number of pyridine rings is 1. The first-order valence-electron chi connectivity index (χ1n) is 8.26. The van der Waals surface area contributed by atoms with Crippen LogP contribution in [0.5, 0.6) is 0 Å². The molecule has 0 aliphatic rings. The van der Waals surface area contributed by atoms with Crippen molar-refractivity contribution in [2.24, 2.45) is 0 Å². The molecule has 2 aromatic carbocycles. The number of sulfonamides is 1. The maximum atomic E-state index is 13.4. The Labute approximate surface area is 156 Å². The van der Waals surface area contributed by atoms with Gasteiger partial charge in [-0.05, 0) is 42.8 Å². The molecule has 0 radical (unpaired) electrons. The largest absolute Gasteiger partial charge is 0.306 e. The van der Waals surface area contributed by atoms with Crippen molar-refractivity contribution in [2.75, 3.05) is 4.72 Å². The van der Waals surface area contributed by atoms with Gasteiger partial charge in [0.05, 0.1) is 16.3 Å². The van der Waals surface area contributed by atoms with E-state index in [4.69, 9.17) is 0 Å². The minimum absolute atomic E-state index is 0.136. The second kappa shape index (κ2) is 6.51. The molecule has 2 aromatic heterocycles. The Morgan fingerprint density at radius 1 is 1.04 bits per heavy atom. The number of aromatic nitrogens is 2. The standard InChI is InChI=1S/C20H16FN3O2S/c1-14-6-5-11-24-13-19(22-20(14)24)17-9-2-3-10-18(17)23-27(25,26)16-8-4-7-15(21)12-16/h2-13,23H,1H3. The summed E-state index contributed by atoms with van der Waals surface area (Å²) in [6, 6.07) is 15.8. The molecular formula is C20H16FN3O2S. The molecule has 1 N–H and O–H groups in total. The lowest BCUT2D eigenvalue weighted by molar-refractivity contribution is 0.595. The van der Waals surface area contributed by atoms with Crippen molar-refractivity contribution in [3.05, 3.63) is 84.4 Å². The van der Waals surface area contributed by atoms with Gasteiger partial charge in [0.1, 0.15) is 11.5 Å². The van der Waals surface area contributed by atoms with Crippen LogP contribution in [0.25, 0.3) is 16.9 Å². The van der Waals surface area contributed by atoms with Gasteiger partial charge in [-0.15, -0.1) is 0 Å². The van der Waals surface area contributed by atoms with Crippen LogP contribution in [0.15, 0.2) is 78.0 Å². The quantitative estimate of drug-likeness (QED) is 0.575. The summed E-state index contributed by atoms with van der Waals surface area (Å²) in [7, 11) is -3.93. The number of fused-ring (bicyclic) bond motifs is 1. The molecule has 0 amide bonds. The predicted molar refractivity (Wildman–Crippen MR) is 103 cm³/mol. The van der Waals surface area contributed by atoms with E-state index in [-0.39, 0.29) is 4.90 Å². The molecule has 2 heterocycles. The zero-order valence-corrected chi connectivity index (χ0v) is 15.2. The number of halogens is 1. The maximum Gasteiger partial charge on any atom is 0.262 e. The lowest BCUT2D eigenvalue weighted by Gasteiger charge is -2.11. The van der Waals surface area contributed by atoms with E-state index in [1.54, 1.807) is 18.2 Å². The van der Waals surface area contributed by atoms with Gasteiger partial charge in [0.2, 0.25) is 0 Å². The van der Waals surface area contributed by atoms with Crippen LogP contribution in [0.2, 0.25) is 0 Å². The molecule has 0 spiro atoms. The number of nitrogens with zero attached hydrogens (tertiary/aromatic N) is 2. The molecule has 0 fully saturated rings. The predicted octanol–water partition coefficient (Wildman–Crippen LogP) is 4.25. The van der Waals surface area contributed by atoms with E-state index in [1.807, 2.05) is 41.9 Å². The Hall–Kier alpha value is -3.19. The Morgan fingerprint density at radius 3 is 2.63 bits per heavy atom. The van der Waals surface area contributed by atoms with E-state index in [2.05, 4.69) is 9.71 Å². The van der Waals surface area contributed by atoms with Gasteiger partial charge in [-0.1, -0.05) is 30.3 Å². The SMILES string of the molecule is Cc1cccn2cc(-c3ccccc3NS(=O)(=O)c3cccc(F)c3)nc12. The molecule has 0 saturated carbocycles.